The number of amides is 2. The number of carbonyl (C=O) groups is 2. The van der Waals surface area contributed by atoms with Crippen LogP contribution in [-0.4, -0.2) is 26.3 Å². The molecule has 8 heteroatoms. The third kappa shape index (κ3) is 4.07. The maximum Gasteiger partial charge on any atom is 0.256 e. The topological polar surface area (TPSA) is 104 Å². The summed E-state index contributed by atoms with van der Waals surface area (Å²) in [5, 5.41) is 0. The summed E-state index contributed by atoms with van der Waals surface area (Å²) >= 11 is 0. The maximum absolute atomic E-state index is 13.1. The molecule has 4 fully saturated rings. The van der Waals surface area contributed by atoms with Crippen molar-refractivity contribution in [2.75, 3.05) is 0 Å². The fourth-order valence-corrected chi connectivity index (χ4v) is 8.50. The number of rotatable bonds is 5. The SMILES string of the molecule is Cc1cc(C)c(C)c(S(=O)(=O)N[C@@H](C)C(=O)NNC(=O)C23CC4CC(CC(C4)C2)C3)c1C. The van der Waals surface area contributed by atoms with Crippen molar-refractivity contribution in [3.63, 3.8) is 0 Å². The summed E-state index contributed by atoms with van der Waals surface area (Å²) in [5.41, 5.74) is 7.81. The highest BCUT2D eigenvalue weighted by molar-refractivity contribution is 7.89. The molecule has 3 N–H and O–H groups in total. The molecular formula is C24H35N3O4S. The van der Waals surface area contributed by atoms with E-state index in [1.54, 1.807) is 13.8 Å². The van der Waals surface area contributed by atoms with Crippen LogP contribution in [0.4, 0.5) is 0 Å². The maximum atomic E-state index is 13.1. The number of aryl methyl sites for hydroxylation is 2. The van der Waals surface area contributed by atoms with Gasteiger partial charge in [0, 0.05) is 0 Å². The molecule has 5 rings (SSSR count). The first kappa shape index (κ1) is 23.2. The molecule has 0 aromatic heterocycles. The van der Waals surface area contributed by atoms with Crippen molar-refractivity contribution in [2.24, 2.45) is 23.2 Å². The summed E-state index contributed by atoms with van der Waals surface area (Å²) in [5.74, 6) is 1.17. The van der Waals surface area contributed by atoms with Gasteiger partial charge < -0.3 is 0 Å². The second-order valence-electron chi connectivity index (χ2n) is 10.6. The fourth-order valence-electron chi connectivity index (χ4n) is 6.68. The Bertz CT molecular complexity index is 1000. The van der Waals surface area contributed by atoms with E-state index >= 15 is 0 Å². The zero-order chi connectivity index (χ0) is 23.4. The average Bonchev–Trinajstić information content (AvgIpc) is 2.68. The minimum Gasteiger partial charge on any atom is -0.273 e. The van der Waals surface area contributed by atoms with Gasteiger partial charge in [-0.25, -0.2) is 8.42 Å². The van der Waals surface area contributed by atoms with Crippen LogP contribution in [0.5, 0.6) is 0 Å². The van der Waals surface area contributed by atoms with Crippen LogP contribution in [0, 0.1) is 50.9 Å². The van der Waals surface area contributed by atoms with Gasteiger partial charge in [-0.15, -0.1) is 0 Å². The number of carbonyl (C=O) groups excluding carboxylic acids is 2. The Kier molecular flexibility index (Phi) is 5.91. The lowest BCUT2D eigenvalue weighted by molar-refractivity contribution is -0.149. The quantitative estimate of drug-likeness (QED) is 0.587. The van der Waals surface area contributed by atoms with E-state index in [2.05, 4.69) is 15.6 Å². The summed E-state index contributed by atoms with van der Waals surface area (Å²) < 4.78 is 28.6. The average molecular weight is 462 g/mol. The van der Waals surface area contributed by atoms with E-state index in [0.717, 1.165) is 30.4 Å². The molecule has 1 aromatic carbocycles. The molecule has 4 aliphatic rings. The lowest BCUT2D eigenvalue weighted by Crippen LogP contribution is -2.58. The minimum atomic E-state index is -3.91. The van der Waals surface area contributed by atoms with Crippen molar-refractivity contribution in [3.05, 3.63) is 28.3 Å². The number of benzene rings is 1. The van der Waals surface area contributed by atoms with Crippen LogP contribution in [0.3, 0.4) is 0 Å². The Hall–Kier alpha value is -1.93. The highest BCUT2D eigenvalue weighted by atomic mass is 32.2. The third-order valence-corrected chi connectivity index (χ3v) is 9.92. The van der Waals surface area contributed by atoms with E-state index in [4.69, 9.17) is 0 Å². The molecule has 0 unspecified atom stereocenters. The number of hydrogen-bond donors (Lipinski definition) is 3. The predicted octanol–water partition coefficient (Wildman–Crippen LogP) is 2.95. The lowest BCUT2D eigenvalue weighted by atomic mass is 9.49. The van der Waals surface area contributed by atoms with Crippen molar-refractivity contribution >= 4 is 21.8 Å². The van der Waals surface area contributed by atoms with Crippen LogP contribution in [-0.2, 0) is 19.6 Å². The normalized spacial score (nSPS) is 29.6. The molecule has 4 aliphatic carbocycles. The molecule has 7 nitrogen and oxygen atoms in total. The second-order valence-corrected chi connectivity index (χ2v) is 12.2. The predicted molar refractivity (Wildman–Crippen MR) is 122 cm³/mol. The second kappa shape index (κ2) is 8.13. The van der Waals surface area contributed by atoms with Crippen LogP contribution in [0.2, 0.25) is 0 Å². The smallest absolute Gasteiger partial charge is 0.256 e. The van der Waals surface area contributed by atoms with Crippen molar-refractivity contribution in [2.45, 2.75) is 84.1 Å². The van der Waals surface area contributed by atoms with Crippen molar-refractivity contribution in [3.8, 4) is 0 Å². The van der Waals surface area contributed by atoms with Gasteiger partial charge in [0.15, 0.2) is 0 Å². The van der Waals surface area contributed by atoms with Crippen LogP contribution >= 0.6 is 0 Å². The Morgan fingerprint density at radius 2 is 1.38 bits per heavy atom. The molecule has 32 heavy (non-hydrogen) atoms. The van der Waals surface area contributed by atoms with Crippen molar-refractivity contribution in [1.29, 1.82) is 0 Å². The zero-order valence-electron chi connectivity index (χ0n) is 19.7. The molecule has 1 aromatic rings. The van der Waals surface area contributed by atoms with Gasteiger partial charge in [-0.2, -0.15) is 4.72 Å². The van der Waals surface area contributed by atoms with E-state index < -0.39 is 22.0 Å². The molecule has 1 atom stereocenters. The lowest BCUT2D eigenvalue weighted by Gasteiger charge is -2.55. The van der Waals surface area contributed by atoms with E-state index in [1.807, 2.05) is 19.9 Å². The summed E-state index contributed by atoms with van der Waals surface area (Å²) in [4.78, 5) is 25.9. The molecule has 176 valence electrons. The van der Waals surface area contributed by atoms with Gasteiger partial charge in [0.1, 0.15) is 0 Å². The summed E-state index contributed by atoms with van der Waals surface area (Å²) in [6, 6.07) is 0.927. The number of hydrazine groups is 1. The summed E-state index contributed by atoms with van der Waals surface area (Å²) in [6.07, 6.45) is 6.38. The summed E-state index contributed by atoms with van der Waals surface area (Å²) in [6.45, 7) is 8.77. The first-order chi connectivity index (χ1) is 14.9. The van der Waals surface area contributed by atoms with E-state index in [9.17, 15) is 18.0 Å². The van der Waals surface area contributed by atoms with Crippen LogP contribution in [0.1, 0.15) is 67.7 Å². The summed E-state index contributed by atoms with van der Waals surface area (Å²) in [7, 11) is -3.91. The fraction of sp³-hybridized carbons (Fsp3) is 0.667. The van der Waals surface area contributed by atoms with Gasteiger partial charge in [0.25, 0.3) is 5.91 Å². The molecule has 0 spiro atoms. The van der Waals surface area contributed by atoms with Crippen molar-refractivity contribution < 1.29 is 18.0 Å². The van der Waals surface area contributed by atoms with Crippen LogP contribution in [0.15, 0.2) is 11.0 Å². The molecule has 0 heterocycles. The number of hydrogen-bond acceptors (Lipinski definition) is 4. The van der Waals surface area contributed by atoms with Gasteiger partial charge in [-0.1, -0.05) is 6.07 Å². The largest absolute Gasteiger partial charge is 0.273 e. The Morgan fingerprint density at radius 3 is 1.84 bits per heavy atom. The highest BCUT2D eigenvalue weighted by Crippen LogP contribution is 2.60. The Morgan fingerprint density at radius 1 is 0.906 bits per heavy atom. The monoisotopic (exact) mass is 461 g/mol. The van der Waals surface area contributed by atoms with Crippen molar-refractivity contribution in [1.82, 2.24) is 15.6 Å². The molecule has 4 bridgehead atoms. The third-order valence-electron chi connectivity index (χ3n) is 8.11. The minimum absolute atomic E-state index is 0.124. The van der Waals surface area contributed by atoms with Crippen LogP contribution in [0.25, 0.3) is 0 Å². The Balaban J connectivity index is 1.40. The number of sulfonamides is 1. The van der Waals surface area contributed by atoms with Gasteiger partial charge in [-0.05, 0) is 113 Å². The molecular weight excluding hydrogens is 426 g/mol. The van der Waals surface area contributed by atoms with Gasteiger partial charge in [0.2, 0.25) is 15.9 Å². The first-order valence-corrected chi connectivity index (χ1v) is 13.1. The molecule has 0 saturated heterocycles. The van der Waals surface area contributed by atoms with Gasteiger partial charge in [-0.3, -0.25) is 20.4 Å². The highest BCUT2D eigenvalue weighted by Gasteiger charge is 2.54. The first-order valence-electron chi connectivity index (χ1n) is 11.6. The molecule has 4 saturated carbocycles. The van der Waals surface area contributed by atoms with E-state index in [0.29, 0.717) is 28.9 Å². The zero-order valence-corrected chi connectivity index (χ0v) is 20.5. The molecule has 0 radical (unpaired) electrons. The standard InChI is InChI=1S/C24H35N3O4S/c1-13-6-14(2)16(4)21(15(13)3)32(30,31)27-17(5)22(28)25-26-23(29)24-10-18-7-19(11-24)9-20(8-18)12-24/h6,17-20,27H,7-12H2,1-5H3,(H,25,28)(H,26,29)/t17-,18?,19?,20?,24?/m0/s1. The van der Waals surface area contributed by atoms with Gasteiger partial charge in [0.05, 0.1) is 16.4 Å². The van der Waals surface area contributed by atoms with E-state index in [1.165, 1.54) is 26.2 Å². The molecule has 2 amide bonds. The molecule has 0 aliphatic heterocycles. The van der Waals surface area contributed by atoms with Crippen LogP contribution < -0.4 is 15.6 Å². The Labute approximate surface area is 191 Å². The van der Waals surface area contributed by atoms with E-state index in [-0.39, 0.29) is 16.2 Å². The number of nitrogens with one attached hydrogen (secondary N) is 3. The van der Waals surface area contributed by atoms with Gasteiger partial charge >= 0.3 is 0 Å².